The van der Waals surface area contributed by atoms with Gasteiger partial charge in [-0.3, -0.25) is 0 Å². The Labute approximate surface area is 120 Å². The summed E-state index contributed by atoms with van der Waals surface area (Å²) >= 11 is 0. The molecule has 1 fully saturated rings. The minimum Gasteiger partial charge on any atom is -0.396 e. The van der Waals surface area contributed by atoms with Crippen LogP contribution < -0.4 is 10.6 Å². The normalized spacial score (nSPS) is 15.8. The van der Waals surface area contributed by atoms with Crippen LogP contribution in [0.3, 0.4) is 0 Å². The molecule has 0 atom stereocenters. The second kappa shape index (κ2) is 6.27. The molecule has 2 amide bonds. The Bertz CT molecular complexity index is 481. The number of carbonyl (C=O) groups excluding carboxylic acids is 1. The number of hydrogen-bond donors (Lipinski definition) is 3. The number of rotatable bonds is 6. The Hall–Kier alpha value is -1.55. The van der Waals surface area contributed by atoms with Crippen LogP contribution in [0.5, 0.6) is 0 Å². The first-order valence-electron chi connectivity index (χ1n) is 7.40. The highest BCUT2D eigenvalue weighted by Crippen LogP contribution is 2.44. The van der Waals surface area contributed by atoms with E-state index in [1.165, 1.54) is 11.1 Å². The average molecular weight is 276 g/mol. The quantitative estimate of drug-likeness (QED) is 0.748. The van der Waals surface area contributed by atoms with E-state index in [1.54, 1.807) is 0 Å². The number of carbonyl (C=O) groups is 1. The first kappa shape index (κ1) is 14.9. The van der Waals surface area contributed by atoms with Crippen LogP contribution in [-0.2, 0) is 12.8 Å². The van der Waals surface area contributed by atoms with Crippen LogP contribution in [0.1, 0.15) is 37.8 Å². The molecule has 110 valence electrons. The number of amides is 2. The van der Waals surface area contributed by atoms with Crippen molar-refractivity contribution in [3.63, 3.8) is 0 Å². The van der Waals surface area contributed by atoms with Gasteiger partial charge < -0.3 is 15.7 Å². The Morgan fingerprint density at radius 1 is 1.25 bits per heavy atom. The Morgan fingerprint density at radius 2 is 1.95 bits per heavy atom. The van der Waals surface area contributed by atoms with E-state index in [0.29, 0.717) is 6.54 Å². The molecule has 1 aromatic rings. The maximum atomic E-state index is 11.9. The third-order valence-electron chi connectivity index (χ3n) is 4.14. The zero-order valence-electron chi connectivity index (χ0n) is 12.3. The highest BCUT2D eigenvalue weighted by Gasteiger charge is 2.42. The number of hydrogen-bond acceptors (Lipinski definition) is 2. The molecule has 0 radical (unpaired) electrons. The van der Waals surface area contributed by atoms with Gasteiger partial charge in [0.1, 0.15) is 0 Å². The van der Waals surface area contributed by atoms with E-state index in [4.69, 9.17) is 0 Å². The molecule has 0 bridgehead atoms. The summed E-state index contributed by atoms with van der Waals surface area (Å²) in [6.45, 7) is 4.95. The topological polar surface area (TPSA) is 61.4 Å². The van der Waals surface area contributed by atoms with E-state index in [0.717, 1.165) is 31.4 Å². The number of aryl methyl sites for hydroxylation is 2. The van der Waals surface area contributed by atoms with Crippen molar-refractivity contribution < 1.29 is 9.90 Å². The van der Waals surface area contributed by atoms with E-state index >= 15 is 0 Å². The van der Waals surface area contributed by atoms with Gasteiger partial charge in [0.05, 0.1) is 6.61 Å². The number of benzene rings is 1. The molecule has 1 saturated carbocycles. The van der Waals surface area contributed by atoms with Crippen LogP contribution in [0.25, 0.3) is 0 Å². The van der Waals surface area contributed by atoms with Crippen LogP contribution in [0.4, 0.5) is 10.5 Å². The molecule has 1 aliphatic rings. The van der Waals surface area contributed by atoms with Gasteiger partial charge in [0.2, 0.25) is 0 Å². The number of anilines is 1. The van der Waals surface area contributed by atoms with Gasteiger partial charge in [-0.2, -0.15) is 0 Å². The molecule has 0 spiro atoms. The standard InChI is InChI=1S/C16H24N2O2/c1-3-12-5-6-14(9-13(12)4-2)18-15(20)17-10-16(11-19)7-8-16/h5-6,9,19H,3-4,7-8,10-11H2,1-2H3,(H2,17,18,20). The van der Waals surface area contributed by atoms with Crippen LogP contribution >= 0.6 is 0 Å². The fourth-order valence-electron chi connectivity index (χ4n) is 2.39. The summed E-state index contributed by atoms with van der Waals surface area (Å²) in [5, 5.41) is 14.9. The fraction of sp³-hybridized carbons (Fsp3) is 0.562. The van der Waals surface area contributed by atoms with Gasteiger partial charge in [0, 0.05) is 17.6 Å². The monoisotopic (exact) mass is 276 g/mol. The van der Waals surface area contributed by atoms with Gasteiger partial charge >= 0.3 is 6.03 Å². The molecular formula is C16H24N2O2. The SMILES string of the molecule is CCc1ccc(NC(=O)NCC2(CO)CC2)cc1CC. The summed E-state index contributed by atoms with van der Waals surface area (Å²) in [5.41, 5.74) is 3.37. The van der Waals surface area contributed by atoms with Crippen LogP contribution in [-0.4, -0.2) is 24.3 Å². The van der Waals surface area contributed by atoms with Crippen molar-refractivity contribution in [2.45, 2.75) is 39.5 Å². The maximum Gasteiger partial charge on any atom is 0.319 e. The molecule has 0 saturated heterocycles. The first-order chi connectivity index (χ1) is 9.62. The van der Waals surface area contributed by atoms with Gasteiger partial charge in [0.25, 0.3) is 0 Å². The van der Waals surface area contributed by atoms with Gasteiger partial charge in [-0.15, -0.1) is 0 Å². The lowest BCUT2D eigenvalue weighted by molar-refractivity contribution is 0.206. The molecular weight excluding hydrogens is 252 g/mol. The number of aliphatic hydroxyl groups is 1. The minimum atomic E-state index is -0.198. The maximum absolute atomic E-state index is 11.9. The molecule has 0 aromatic heterocycles. The lowest BCUT2D eigenvalue weighted by Crippen LogP contribution is -2.35. The molecule has 1 aromatic carbocycles. The van der Waals surface area contributed by atoms with Gasteiger partial charge in [-0.1, -0.05) is 19.9 Å². The summed E-state index contributed by atoms with van der Waals surface area (Å²) in [7, 11) is 0. The van der Waals surface area contributed by atoms with Crippen molar-refractivity contribution in [3.8, 4) is 0 Å². The minimum absolute atomic E-state index is 0.0576. The van der Waals surface area contributed by atoms with Crippen molar-refractivity contribution in [1.29, 1.82) is 0 Å². The van der Waals surface area contributed by atoms with Crippen molar-refractivity contribution in [2.24, 2.45) is 5.41 Å². The largest absolute Gasteiger partial charge is 0.396 e. The van der Waals surface area contributed by atoms with E-state index < -0.39 is 0 Å². The molecule has 0 aliphatic heterocycles. The third kappa shape index (κ3) is 3.51. The number of urea groups is 1. The lowest BCUT2D eigenvalue weighted by atomic mass is 10.0. The van der Waals surface area contributed by atoms with Crippen LogP contribution in [0.15, 0.2) is 18.2 Å². The van der Waals surface area contributed by atoms with Crippen LogP contribution in [0, 0.1) is 5.41 Å². The van der Waals surface area contributed by atoms with Crippen molar-refractivity contribution >= 4 is 11.7 Å². The molecule has 4 nitrogen and oxygen atoms in total. The van der Waals surface area contributed by atoms with Gasteiger partial charge in [-0.05, 0) is 48.9 Å². The molecule has 2 rings (SSSR count). The summed E-state index contributed by atoms with van der Waals surface area (Å²) in [6.07, 6.45) is 3.96. The fourth-order valence-corrected chi connectivity index (χ4v) is 2.39. The Kier molecular flexibility index (Phi) is 4.65. The molecule has 0 unspecified atom stereocenters. The zero-order chi connectivity index (χ0) is 14.6. The highest BCUT2D eigenvalue weighted by atomic mass is 16.3. The zero-order valence-corrected chi connectivity index (χ0v) is 12.3. The summed E-state index contributed by atoms with van der Waals surface area (Å²) in [5.74, 6) is 0. The molecule has 20 heavy (non-hydrogen) atoms. The molecule has 4 heteroatoms. The Balaban J connectivity index is 1.90. The van der Waals surface area contributed by atoms with E-state index in [-0.39, 0.29) is 18.1 Å². The van der Waals surface area contributed by atoms with Gasteiger partial charge in [0.15, 0.2) is 0 Å². The van der Waals surface area contributed by atoms with Crippen molar-refractivity contribution in [3.05, 3.63) is 29.3 Å². The van der Waals surface area contributed by atoms with Crippen LogP contribution in [0.2, 0.25) is 0 Å². The summed E-state index contributed by atoms with van der Waals surface area (Å²) < 4.78 is 0. The van der Waals surface area contributed by atoms with Crippen molar-refractivity contribution in [1.82, 2.24) is 5.32 Å². The molecule has 3 N–H and O–H groups in total. The van der Waals surface area contributed by atoms with Gasteiger partial charge in [-0.25, -0.2) is 4.79 Å². The predicted octanol–water partition coefficient (Wildman–Crippen LogP) is 2.71. The summed E-state index contributed by atoms with van der Waals surface area (Å²) in [4.78, 5) is 11.9. The predicted molar refractivity (Wildman–Crippen MR) is 81.0 cm³/mol. The molecule has 0 heterocycles. The van der Waals surface area contributed by atoms with Crippen molar-refractivity contribution in [2.75, 3.05) is 18.5 Å². The third-order valence-corrected chi connectivity index (χ3v) is 4.14. The second-order valence-corrected chi connectivity index (χ2v) is 5.66. The number of nitrogens with one attached hydrogen (secondary N) is 2. The highest BCUT2D eigenvalue weighted by molar-refractivity contribution is 5.89. The smallest absolute Gasteiger partial charge is 0.319 e. The second-order valence-electron chi connectivity index (χ2n) is 5.66. The molecule has 1 aliphatic carbocycles. The van der Waals surface area contributed by atoms with E-state index in [1.807, 2.05) is 12.1 Å². The van der Waals surface area contributed by atoms with E-state index in [9.17, 15) is 9.90 Å². The number of aliphatic hydroxyl groups excluding tert-OH is 1. The summed E-state index contributed by atoms with van der Waals surface area (Å²) in [6, 6.07) is 5.86. The Morgan fingerprint density at radius 3 is 2.50 bits per heavy atom. The lowest BCUT2D eigenvalue weighted by Gasteiger charge is -2.14. The average Bonchev–Trinajstić information content (AvgIpc) is 3.25. The first-order valence-corrected chi connectivity index (χ1v) is 7.40. The van der Waals surface area contributed by atoms with E-state index in [2.05, 4.69) is 30.5 Å².